The zero-order chi connectivity index (χ0) is 13.7. The van der Waals surface area contributed by atoms with Crippen molar-refractivity contribution in [3.05, 3.63) is 18.2 Å². The largest absolute Gasteiger partial charge is 0.333 e. The molecule has 0 bridgehead atoms. The lowest BCUT2D eigenvalue weighted by atomic mass is 10.2. The van der Waals surface area contributed by atoms with Gasteiger partial charge in [0.2, 0.25) is 0 Å². The maximum atomic E-state index is 5.98. The van der Waals surface area contributed by atoms with E-state index < -0.39 is 0 Å². The van der Waals surface area contributed by atoms with E-state index in [-0.39, 0.29) is 6.04 Å². The van der Waals surface area contributed by atoms with Gasteiger partial charge >= 0.3 is 0 Å². The molecule has 1 aromatic rings. The van der Waals surface area contributed by atoms with E-state index in [4.69, 9.17) is 5.73 Å². The average molecular weight is 265 g/mol. The lowest BCUT2D eigenvalue weighted by Gasteiger charge is -2.29. The number of aromatic nitrogens is 2. The predicted octanol–water partition coefficient (Wildman–Crippen LogP) is 0.930. The molecule has 1 aromatic heterocycles. The van der Waals surface area contributed by atoms with Gasteiger partial charge in [0.25, 0.3) is 0 Å². The minimum absolute atomic E-state index is 0.269. The molecule has 2 N–H and O–H groups in total. The second kappa shape index (κ2) is 7.03. The number of hydrogen-bond donors (Lipinski definition) is 1. The van der Waals surface area contributed by atoms with Gasteiger partial charge in [0.15, 0.2) is 0 Å². The molecule has 0 aliphatic carbocycles. The molecule has 1 atom stereocenters. The highest BCUT2D eigenvalue weighted by Crippen LogP contribution is 2.18. The highest BCUT2D eigenvalue weighted by Gasteiger charge is 2.20. The number of nitrogens with two attached hydrogens (primary N) is 1. The molecule has 1 aliphatic heterocycles. The van der Waals surface area contributed by atoms with Crippen molar-refractivity contribution in [1.82, 2.24) is 19.4 Å². The molecule has 5 heteroatoms. The summed E-state index contributed by atoms with van der Waals surface area (Å²) >= 11 is 0. The highest BCUT2D eigenvalue weighted by molar-refractivity contribution is 5.06. The SMILES string of the molecule is CCn1cncc1C(CN)N(C)CCN1CCCC1. The van der Waals surface area contributed by atoms with Crippen LogP contribution in [0.1, 0.15) is 31.5 Å². The van der Waals surface area contributed by atoms with Crippen LogP contribution in [-0.2, 0) is 6.54 Å². The first-order valence-corrected chi connectivity index (χ1v) is 7.39. The molecular weight excluding hydrogens is 238 g/mol. The van der Waals surface area contributed by atoms with E-state index in [9.17, 15) is 0 Å². The molecule has 1 saturated heterocycles. The normalized spacial score (nSPS) is 18.3. The van der Waals surface area contributed by atoms with Crippen molar-refractivity contribution < 1.29 is 0 Å². The molecular formula is C14H27N5. The second-order valence-electron chi connectivity index (χ2n) is 5.39. The molecule has 0 saturated carbocycles. The first kappa shape index (κ1) is 14.5. The van der Waals surface area contributed by atoms with Crippen molar-refractivity contribution in [2.24, 2.45) is 5.73 Å². The summed E-state index contributed by atoms with van der Waals surface area (Å²) in [4.78, 5) is 9.16. The first-order chi connectivity index (χ1) is 9.26. The van der Waals surface area contributed by atoms with Gasteiger partial charge in [0, 0.05) is 32.4 Å². The van der Waals surface area contributed by atoms with Gasteiger partial charge in [-0.25, -0.2) is 4.98 Å². The summed E-state index contributed by atoms with van der Waals surface area (Å²) in [5.41, 5.74) is 7.21. The molecule has 108 valence electrons. The second-order valence-corrected chi connectivity index (χ2v) is 5.39. The van der Waals surface area contributed by atoms with Gasteiger partial charge in [-0.2, -0.15) is 0 Å². The van der Waals surface area contributed by atoms with Crippen LogP contribution in [0.2, 0.25) is 0 Å². The fourth-order valence-electron chi connectivity index (χ4n) is 2.86. The summed E-state index contributed by atoms with van der Waals surface area (Å²) in [6, 6.07) is 0.269. The summed E-state index contributed by atoms with van der Waals surface area (Å²) in [5, 5.41) is 0. The van der Waals surface area contributed by atoms with Crippen LogP contribution in [0.4, 0.5) is 0 Å². The lowest BCUT2D eigenvalue weighted by molar-refractivity contribution is 0.204. The van der Waals surface area contributed by atoms with E-state index in [0.717, 1.165) is 19.6 Å². The Morgan fingerprint density at radius 1 is 1.42 bits per heavy atom. The average Bonchev–Trinajstić information content (AvgIpc) is 3.08. The monoisotopic (exact) mass is 265 g/mol. The van der Waals surface area contributed by atoms with Gasteiger partial charge in [-0.3, -0.25) is 4.90 Å². The van der Waals surface area contributed by atoms with Crippen LogP contribution in [0, 0.1) is 0 Å². The molecule has 2 heterocycles. The van der Waals surface area contributed by atoms with Crippen LogP contribution in [0.5, 0.6) is 0 Å². The fourth-order valence-corrected chi connectivity index (χ4v) is 2.86. The zero-order valence-corrected chi connectivity index (χ0v) is 12.3. The van der Waals surface area contributed by atoms with Crippen molar-refractivity contribution in [2.75, 3.05) is 39.8 Å². The Kier molecular flexibility index (Phi) is 5.36. The number of aryl methyl sites for hydroxylation is 1. The van der Waals surface area contributed by atoms with Gasteiger partial charge in [-0.05, 0) is 39.9 Å². The standard InChI is InChI=1S/C14H27N5/c1-3-19-12-16-11-14(19)13(10-15)17(2)8-9-18-6-4-5-7-18/h11-13H,3-10,15H2,1-2H3. The van der Waals surface area contributed by atoms with Gasteiger partial charge < -0.3 is 15.2 Å². The zero-order valence-electron chi connectivity index (χ0n) is 12.3. The summed E-state index contributed by atoms with van der Waals surface area (Å²) < 4.78 is 2.18. The van der Waals surface area contributed by atoms with Crippen LogP contribution in [0.25, 0.3) is 0 Å². The van der Waals surface area contributed by atoms with E-state index in [0.29, 0.717) is 6.54 Å². The Labute approximate surface area is 116 Å². The maximum absolute atomic E-state index is 5.98. The molecule has 2 rings (SSSR count). The van der Waals surface area contributed by atoms with Crippen LogP contribution in [0.3, 0.4) is 0 Å². The number of likely N-dealkylation sites (tertiary alicyclic amines) is 1. The van der Waals surface area contributed by atoms with Gasteiger partial charge in [0.05, 0.1) is 18.1 Å². The number of imidazole rings is 1. The topological polar surface area (TPSA) is 50.3 Å². The summed E-state index contributed by atoms with van der Waals surface area (Å²) in [6.07, 6.45) is 6.55. The van der Waals surface area contributed by atoms with E-state index in [1.165, 1.54) is 31.6 Å². The number of rotatable bonds is 7. The fraction of sp³-hybridized carbons (Fsp3) is 0.786. The van der Waals surface area contributed by atoms with Crippen LogP contribution in [0.15, 0.2) is 12.5 Å². The Morgan fingerprint density at radius 2 is 2.16 bits per heavy atom. The quantitative estimate of drug-likeness (QED) is 0.797. The summed E-state index contributed by atoms with van der Waals surface area (Å²) in [5.74, 6) is 0. The molecule has 0 spiro atoms. The summed E-state index contributed by atoms with van der Waals surface area (Å²) in [7, 11) is 2.17. The van der Waals surface area contributed by atoms with Crippen LogP contribution in [-0.4, -0.2) is 59.1 Å². The minimum Gasteiger partial charge on any atom is -0.333 e. The van der Waals surface area contributed by atoms with Crippen molar-refractivity contribution in [3.63, 3.8) is 0 Å². The van der Waals surface area contributed by atoms with Crippen molar-refractivity contribution in [2.45, 2.75) is 32.4 Å². The Balaban J connectivity index is 1.92. The third-order valence-electron chi connectivity index (χ3n) is 4.15. The maximum Gasteiger partial charge on any atom is 0.0948 e. The van der Waals surface area contributed by atoms with Crippen LogP contribution < -0.4 is 5.73 Å². The molecule has 19 heavy (non-hydrogen) atoms. The summed E-state index contributed by atoms with van der Waals surface area (Å²) in [6.45, 7) is 8.46. The Hall–Kier alpha value is -0.910. The first-order valence-electron chi connectivity index (χ1n) is 7.39. The Morgan fingerprint density at radius 3 is 2.79 bits per heavy atom. The molecule has 1 fully saturated rings. The third-order valence-corrected chi connectivity index (χ3v) is 4.15. The molecule has 0 amide bonds. The van der Waals surface area contributed by atoms with Crippen molar-refractivity contribution in [1.29, 1.82) is 0 Å². The third kappa shape index (κ3) is 3.55. The number of nitrogens with zero attached hydrogens (tertiary/aromatic N) is 4. The lowest BCUT2D eigenvalue weighted by Crippen LogP contribution is -2.37. The van der Waals surface area contributed by atoms with Gasteiger partial charge in [0.1, 0.15) is 0 Å². The van der Waals surface area contributed by atoms with E-state index in [1.54, 1.807) is 0 Å². The molecule has 5 nitrogen and oxygen atoms in total. The van der Waals surface area contributed by atoms with E-state index in [2.05, 4.69) is 33.3 Å². The Bertz CT molecular complexity index is 370. The molecule has 0 aromatic carbocycles. The smallest absolute Gasteiger partial charge is 0.0948 e. The number of hydrogen-bond acceptors (Lipinski definition) is 4. The van der Waals surface area contributed by atoms with E-state index in [1.807, 2.05) is 12.5 Å². The molecule has 1 aliphatic rings. The number of likely N-dealkylation sites (N-methyl/N-ethyl adjacent to an activating group) is 1. The highest BCUT2D eigenvalue weighted by atomic mass is 15.2. The van der Waals surface area contributed by atoms with Crippen molar-refractivity contribution in [3.8, 4) is 0 Å². The molecule has 0 radical (unpaired) electrons. The predicted molar refractivity (Wildman–Crippen MR) is 78.0 cm³/mol. The van der Waals surface area contributed by atoms with Crippen molar-refractivity contribution >= 4 is 0 Å². The van der Waals surface area contributed by atoms with Gasteiger partial charge in [-0.1, -0.05) is 0 Å². The van der Waals surface area contributed by atoms with E-state index >= 15 is 0 Å². The molecule has 1 unspecified atom stereocenters. The van der Waals surface area contributed by atoms with Gasteiger partial charge in [-0.15, -0.1) is 0 Å². The van der Waals surface area contributed by atoms with Crippen LogP contribution >= 0.6 is 0 Å². The minimum atomic E-state index is 0.269.